The molecule has 1 aromatic carbocycles. The first kappa shape index (κ1) is 24.4. The second kappa shape index (κ2) is 10.7. The third-order valence-corrected chi connectivity index (χ3v) is 6.94. The fourth-order valence-electron chi connectivity index (χ4n) is 4.64. The summed E-state index contributed by atoms with van der Waals surface area (Å²) in [5.41, 5.74) is 2.85. The third kappa shape index (κ3) is 5.85. The zero-order chi connectivity index (χ0) is 24.2. The maximum absolute atomic E-state index is 11.0. The summed E-state index contributed by atoms with van der Waals surface area (Å²) in [7, 11) is 4.07. The van der Waals surface area contributed by atoms with Gasteiger partial charge in [-0.2, -0.15) is 4.98 Å². The molecule has 2 aliphatic rings. The maximum atomic E-state index is 11.0. The van der Waals surface area contributed by atoms with E-state index in [1.54, 1.807) is 0 Å². The molecule has 2 aromatic rings. The average Bonchev–Trinajstić information content (AvgIpc) is 2.81. The van der Waals surface area contributed by atoms with E-state index in [0.29, 0.717) is 21.9 Å². The number of aryl methyl sites for hydroxylation is 1. The predicted molar refractivity (Wildman–Crippen MR) is 140 cm³/mol. The Morgan fingerprint density at radius 1 is 1.15 bits per heavy atom. The molecular weight excluding hydrogens is 474 g/mol. The van der Waals surface area contributed by atoms with Crippen LogP contribution in [0.2, 0.25) is 5.02 Å². The van der Waals surface area contributed by atoms with Gasteiger partial charge in [0.15, 0.2) is 5.11 Å². The SMILES string of the molecule is CN(C)c1nc(NC2CCC(NC(=S)Nc3cc([N+](=O)[O-])ccc3Cl)CC2)nc2c1CCCC2. The Labute approximate surface area is 209 Å². The van der Waals surface area contributed by atoms with Crippen molar-refractivity contribution < 1.29 is 4.92 Å². The highest BCUT2D eigenvalue weighted by molar-refractivity contribution is 7.80. The van der Waals surface area contributed by atoms with Crippen molar-refractivity contribution in [3.63, 3.8) is 0 Å². The van der Waals surface area contributed by atoms with Crippen LogP contribution in [-0.2, 0) is 12.8 Å². The zero-order valence-electron chi connectivity index (χ0n) is 19.4. The number of nitro groups is 1. The molecule has 0 amide bonds. The van der Waals surface area contributed by atoms with Crippen LogP contribution in [0.1, 0.15) is 49.8 Å². The molecule has 1 fully saturated rings. The first-order valence-corrected chi connectivity index (χ1v) is 12.4. The van der Waals surface area contributed by atoms with Crippen molar-refractivity contribution in [3.8, 4) is 0 Å². The molecular formula is C23H30ClN7O2S. The van der Waals surface area contributed by atoms with E-state index in [1.807, 2.05) is 14.1 Å². The lowest BCUT2D eigenvalue weighted by Crippen LogP contribution is -2.42. The van der Waals surface area contributed by atoms with Gasteiger partial charge in [-0.25, -0.2) is 4.98 Å². The van der Waals surface area contributed by atoms with Crippen molar-refractivity contribution in [1.29, 1.82) is 0 Å². The summed E-state index contributed by atoms with van der Waals surface area (Å²) in [6.45, 7) is 0. The van der Waals surface area contributed by atoms with E-state index in [4.69, 9.17) is 33.8 Å². The summed E-state index contributed by atoms with van der Waals surface area (Å²) in [4.78, 5) is 22.3. The van der Waals surface area contributed by atoms with Crippen LogP contribution in [0.15, 0.2) is 18.2 Å². The number of non-ortho nitro benzene ring substituents is 1. The predicted octanol–water partition coefficient (Wildman–Crippen LogP) is 4.69. The van der Waals surface area contributed by atoms with Crippen molar-refractivity contribution >= 4 is 52.1 Å². The van der Waals surface area contributed by atoms with Crippen molar-refractivity contribution in [2.45, 2.75) is 63.5 Å². The van der Waals surface area contributed by atoms with E-state index in [9.17, 15) is 10.1 Å². The second-order valence-electron chi connectivity index (χ2n) is 9.11. The number of fused-ring (bicyclic) bond motifs is 1. The summed E-state index contributed by atoms with van der Waals surface area (Å²) < 4.78 is 0. The molecule has 0 spiro atoms. The Bertz CT molecular complexity index is 1070. The maximum Gasteiger partial charge on any atom is 0.271 e. The molecule has 1 heterocycles. The first-order valence-electron chi connectivity index (χ1n) is 11.6. The van der Waals surface area contributed by atoms with Crippen LogP contribution in [0.25, 0.3) is 0 Å². The molecule has 1 saturated carbocycles. The molecule has 2 aliphatic carbocycles. The lowest BCUT2D eigenvalue weighted by molar-refractivity contribution is -0.384. The zero-order valence-corrected chi connectivity index (χ0v) is 21.0. The molecule has 4 rings (SSSR count). The highest BCUT2D eigenvalue weighted by Crippen LogP contribution is 2.30. The molecule has 0 bridgehead atoms. The molecule has 182 valence electrons. The van der Waals surface area contributed by atoms with Gasteiger partial charge in [-0.05, 0) is 69.7 Å². The van der Waals surface area contributed by atoms with E-state index in [-0.39, 0.29) is 11.7 Å². The van der Waals surface area contributed by atoms with Crippen LogP contribution in [0, 0.1) is 10.1 Å². The minimum Gasteiger partial charge on any atom is -0.362 e. The Balaban J connectivity index is 1.31. The standard InChI is InChI=1S/C23H30ClN7O2S/c1-30(2)21-17-5-3-4-6-19(17)27-22(29-21)25-14-7-9-15(10-8-14)26-23(34)28-20-13-16(31(32)33)11-12-18(20)24/h11-15H,3-10H2,1-2H3,(H,25,27,29)(H2,26,28,34). The number of hydrogen-bond acceptors (Lipinski definition) is 7. The normalized spacial score (nSPS) is 19.6. The lowest BCUT2D eigenvalue weighted by Gasteiger charge is -2.31. The van der Waals surface area contributed by atoms with Crippen LogP contribution in [-0.4, -0.2) is 46.2 Å². The van der Waals surface area contributed by atoms with Crippen molar-refractivity contribution in [2.75, 3.05) is 29.6 Å². The number of nitrogens with one attached hydrogen (secondary N) is 3. The summed E-state index contributed by atoms with van der Waals surface area (Å²) in [6, 6.07) is 4.77. The van der Waals surface area contributed by atoms with E-state index in [2.05, 4.69) is 20.9 Å². The van der Waals surface area contributed by atoms with Gasteiger partial charge in [-0.3, -0.25) is 10.1 Å². The number of aromatic nitrogens is 2. The summed E-state index contributed by atoms with van der Waals surface area (Å²) >= 11 is 11.6. The van der Waals surface area contributed by atoms with Crippen LogP contribution < -0.4 is 20.9 Å². The van der Waals surface area contributed by atoms with Crippen molar-refractivity contribution in [2.24, 2.45) is 0 Å². The van der Waals surface area contributed by atoms with Gasteiger partial charge in [0.2, 0.25) is 5.95 Å². The molecule has 0 atom stereocenters. The fraction of sp³-hybridized carbons (Fsp3) is 0.522. The van der Waals surface area contributed by atoms with E-state index in [0.717, 1.165) is 50.3 Å². The van der Waals surface area contributed by atoms with Crippen LogP contribution >= 0.6 is 23.8 Å². The molecule has 0 unspecified atom stereocenters. The van der Waals surface area contributed by atoms with Gasteiger partial charge in [0, 0.05) is 43.9 Å². The monoisotopic (exact) mass is 503 g/mol. The molecule has 34 heavy (non-hydrogen) atoms. The number of halogens is 1. The minimum atomic E-state index is -0.458. The minimum absolute atomic E-state index is 0.0388. The lowest BCUT2D eigenvalue weighted by atomic mass is 9.91. The largest absolute Gasteiger partial charge is 0.362 e. The third-order valence-electron chi connectivity index (χ3n) is 6.39. The van der Waals surface area contributed by atoms with Gasteiger partial charge in [-0.15, -0.1) is 0 Å². The smallest absolute Gasteiger partial charge is 0.271 e. The highest BCUT2D eigenvalue weighted by Gasteiger charge is 2.24. The van der Waals surface area contributed by atoms with Gasteiger partial charge >= 0.3 is 0 Å². The van der Waals surface area contributed by atoms with Gasteiger partial charge < -0.3 is 20.9 Å². The fourth-order valence-corrected chi connectivity index (χ4v) is 5.08. The first-order chi connectivity index (χ1) is 16.3. The Morgan fingerprint density at radius 3 is 2.56 bits per heavy atom. The number of thiocarbonyl (C=S) groups is 1. The van der Waals surface area contributed by atoms with Gasteiger partial charge in [0.05, 0.1) is 21.3 Å². The van der Waals surface area contributed by atoms with E-state index in [1.165, 1.54) is 42.3 Å². The Morgan fingerprint density at radius 2 is 1.85 bits per heavy atom. The molecule has 0 saturated heterocycles. The Kier molecular flexibility index (Phi) is 7.67. The number of nitro benzene ring substituents is 1. The van der Waals surface area contributed by atoms with Gasteiger partial charge in [0.25, 0.3) is 5.69 Å². The van der Waals surface area contributed by atoms with Gasteiger partial charge in [0.1, 0.15) is 5.82 Å². The van der Waals surface area contributed by atoms with Crippen LogP contribution in [0.4, 0.5) is 23.1 Å². The molecule has 9 nitrogen and oxygen atoms in total. The van der Waals surface area contributed by atoms with Crippen molar-refractivity contribution in [1.82, 2.24) is 15.3 Å². The number of anilines is 3. The van der Waals surface area contributed by atoms with Crippen LogP contribution in [0.3, 0.4) is 0 Å². The molecule has 11 heteroatoms. The highest BCUT2D eigenvalue weighted by atomic mass is 35.5. The molecule has 0 aliphatic heterocycles. The quantitative estimate of drug-likeness (QED) is 0.294. The summed E-state index contributed by atoms with van der Waals surface area (Å²) in [5.74, 6) is 1.75. The Hall–Kier alpha value is -2.72. The molecule has 1 aromatic heterocycles. The molecule has 0 radical (unpaired) electrons. The number of nitrogens with zero attached hydrogens (tertiary/aromatic N) is 4. The summed E-state index contributed by atoms with van der Waals surface area (Å²) in [6.07, 6.45) is 8.26. The van der Waals surface area contributed by atoms with Gasteiger partial charge in [-0.1, -0.05) is 11.6 Å². The van der Waals surface area contributed by atoms with Crippen LogP contribution in [0.5, 0.6) is 0 Å². The second-order valence-corrected chi connectivity index (χ2v) is 9.93. The average molecular weight is 504 g/mol. The van der Waals surface area contributed by atoms with E-state index < -0.39 is 4.92 Å². The number of hydrogen-bond donors (Lipinski definition) is 3. The van der Waals surface area contributed by atoms with Crippen molar-refractivity contribution in [3.05, 3.63) is 44.6 Å². The number of benzene rings is 1. The number of rotatable bonds is 6. The van der Waals surface area contributed by atoms with E-state index >= 15 is 0 Å². The summed E-state index contributed by atoms with van der Waals surface area (Å²) in [5, 5.41) is 21.7. The molecule has 3 N–H and O–H groups in total. The topological polar surface area (TPSA) is 108 Å².